The van der Waals surface area contributed by atoms with Crippen molar-refractivity contribution >= 4 is 16.6 Å². The third-order valence-corrected chi connectivity index (χ3v) is 4.09. The highest BCUT2D eigenvalue weighted by Gasteiger charge is 2.18. The Kier molecular flexibility index (Phi) is 3.05. The SMILES string of the molecule is Cc1cc2cc3c(cc2n2c(=O)n(CCN(C)C)nc12)OCO3. The first-order valence-corrected chi connectivity index (χ1v) is 7.52. The number of aromatic nitrogens is 3. The van der Waals surface area contributed by atoms with E-state index < -0.39 is 0 Å². The van der Waals surface area contributed by atoms with Crippen LogP contribution >= 0.6 is 0 Å². The Hall–Kier alpha value is -2.54. The molecule has 0 radical (unpaired) electrons. The van der Waals surface area contributed by atoms with Crippen molar-refractivity contribution in [1.29, 1.82) is 0 Å². The van der Waals surface area contributed by atoms with Crippen LogP contribution in [0.25, 0.3) is 16.6 Å². The number of hydrogen-bond acceptors (Lipinski definition) is 5. The summed E-state index contributed by atoms with van der Waals surface area (Å²) in [7, 11) is 3.95. The number of fused-ring (bicyclic) bond motifs is 4. The average molecular weight is 314 g/mol. The van der Waals surface area contributed by atoms with E-state index in [1.165, 1.54) is 4.68 Å². The lowest BCUT2D eigenvalue weighted by Gasteiger charge is -2.07. The maximum absolute atomic E-state index is 12.8. The lowest BCUT2D eigenvalue weighted by atomic mass is 10.1. The number of nitrogens with zero attached hydrogens (tertiary/aromatic N) is 4. The molecule has 0 amide bonds. The highest BCUT2D eigenvalue weighted by molar-refractivity contribution is 5.86. The van der Waals surface area contributed by atoms with Gasteiger partial charge in [0.15, 0.2) is 17.1 Å². The zero-order valence-corrected chi connectivity index (χ0v) is 13.4. The lowest BCUT2D eigenvalue weighted by Crippen LogP contribution is -2.27. The Balaban J connectivity index is 1.98. The van der Waals surface area contributed by atoms with Crippen LogP contribution in [0, 0.1) is 6.92 Å². The van der Waals surface area contributed by atoms with Gasteiger partial charge in [-0.3, -0.25) is 0 Å². The quantitative estimate of drug-likeness (QED) is 0.728. The predicted molar refractivity (Wildman–Crippen MR) is 86.4 cm³/mol. The molecular weight excluding hydrogens is 296 g/mol. The number of rotatable bonds is 3. The number of pyridine rings is 1. The van der Waals surface area contributed by atoms with Crippen molar-refractivity contribution < 1.29 is 9.47 Å². The smallest absolute Gasteiger partial charge is 0.350 e. The Bertz CT molecular complexity index is 971. The van der Waals surface area contributed by atoms with Crippen LogP contribution in [0.5, 0.6) is 11.5 Å². The summed E-state index contributed by atoms with van der Waals surface area (Å²) in [4.78, 5) is 14.8. The molecule has 3 heterocycles. The summed E-state index contributed by atoms with van der Waals surface area (Å²) in [6, 6.07) is 5.78. The fourth-order valence-corrected chi connectivity index (χ4v) is 2.87. The third kappa shape index (κ3) is 2.16. The summed E-state index contributed by atoms with van der Waals surface area (Å²) in [6.45, 7) is 3.49. The molecule has 2 aromatic heterocycles. The third-order valence-electron chi connectivity index (χ3n) is 4.09. The van der Waals surface area contributed by atoms with Crippen molar-refractivity contribution in [1.82, 2.24) is 19.1 Å². The highest BCUT2D eigenvalue weighted by Crippen LogP contribution is 2.36. The molecule has 0 unspecified atom stereocenters. The van der Waals surface area contributed by atoms with Crippen molar-refractivity contribution in [2.45, 2.75) is 13.5 Å². The van der Waals surface area contributed by atoms with Gasteiger partial charge in [-0.1, -0.05) is 0 Å². The van der Waals surface area contributed by atoms with Gasteiger partial charge in [0.05, 0.1) is 12.1 Å². The van der Waals surface area contributed by atoms with Gasteiger partial charge in [-0.05, 0) is 38.7 Å². The van der Waals surface area contributed by atoms with Crippen molar-refractivity contribution in [2.24, 2.45) is 0 Å². The molecule has 7 nitrogen and oxygen atoms in total. The second-order valence-corrected chi connectivity index (χ2v) is 6.06. The Morgan fingerprint density at radius 2 is 1.96 bits per heavy atom. The molecule has 0 spiro atoms. The minimum atomic E-state index is -0.130. The van der Waals surface area contributed by atoms with E-state index in [4.69, 9.17) is 9.47 Å². The first-order valence-electron chi connectivity index (χ1n) is 7.52. The fourth-order valence-electron chi connectivity index (χ4n) is 2.87. The van der Waals surface area contributed by atoms with Gasteiger partial charge < -0.3 is 14.4 Å². The predicted octanol–water partition coefficient (Wildman–Crippen LogP) is 1.25. The fraction of sp³-hybridized carbons (Fsp3) is 0.375. The lowest BCUT2D eigenvalue weighted by molar-refractivity contribution is 0.174. The summed E-state index contributed by atoms with van der Waals surface area (Å²) in [5.74, 6) is 1.37. The van der Waals surface area contributed by atoms with Crippen LogP contribution in [0.1, 0.15) is 5.56 Å². The molecule has 0 aliphatic carbocycles. The van der Waals surface area contributed by atoms with Gasteiger partial charge in [0.2, 0.25) is 6.79 Å². The molecule has 0 saturated heterocycles. The topological polar surface area (TPSA) is 61.0 Å². The number of ether oxygens (including phenoxy) is 2. The summed E-state index contributed by atoms with van der Waals surface area (Å²) in [6.07, 6.45) is 0. The standard InChI is InChI=1S/C16H18N4O3/c1-10-6-11-7-13-14(23-9-22-13)8-12(11)20-15(10)17-19(16(20)21)5-4-18(2)3/h6-8H,4-5,9H2,1-3H3. The minimum absolute atomic E-state index is 0.130. The Morgan fingerprint density at radius 1 is 1.22 bits per heavy atom. The molecule has 1 aromatic carbocycles. The van der Waals surface area contributed by atoms with Gasteiger partial charge in [-0.15, -0.1) is 5.10 Å². The first kappa shape index (κ1) is 14.1. The van der Waals surface area contributed by atoms with E-state index in [-0.39, 0.29) is 12.5 Å². The molecule has 1 aliphatic heterocycles. The zero-order chi connectivity index (χ0) is 16.1. The van der Waals surface area contributed by atoms with E-state index in [0.29, 0.717) is 23.7 Å². The summed E-state index contributed by atoms with van der Waals surface area (Å²) >= 11 is 0. The number of hydrogen-bond donors (Lipinski definition) is 0. The van der Waals surface area contributed by atoms with Crippen molar-refractivity contribution in [3.63, 3.8) is 0 Å². The molecule has 0 saturated carbocycles. The van der Waals surface area contributed by atoms with Crippen LogP contribution < -0.4 is 15.2 Å². The van der Waals surface area contributed by atoms with E-state index in [1.54, 1.807) is 4.40 Å². The van der Waals surface area contributed by atoms with Crippen molar-refractivity contribution in [3.05, 3.63) is 34.2 Å². The Labute approximate surface area is 132 Å². The number of benzene rings is 1. The van der Waals surface area contributed by atoms with Gasteiger partial charge in [-0.2, -0.15) is 0 Å². The number of aryl methyl sites for hydroxylation is 1. The van der Waals surface area contributed by atoms with Crippen LogP contribution in [-0.2, 0) is 6.54 Å². The molecule has 0 atom stereocenters. The maximum atomic E-state index is 12.8. The molecule has 1 aliphatic rings. The summed E-state index contributed by atoms with van der Waals surface area (Å²) < 4.78 is 14.0. The summed E-state index contributed by atoms with van der Waals surface area (Å²) in [5.41, 5.74) is 2.29. The second kappa shape index (κ2) is 4.99. The first-order chi connectivity index (χ1) is 11.0. The Morgan fingerprint density at radius 3 is 2.70 bits per heavy atom. The van der Waals surface area contributed by atoms with Crippen LogP contribution in [0.4, 0.5) is 0 Å². The normalized spacial score (nSPS) is 13.6. The molecule has 23 heavy (non-hydrogen) atoms. The van der Waals surface area contributed by atoms with E-state index in [2.05, 4.69) is 5.10 Å². The monoisotopic (exact) mass is 314 g/mol. The van der Waals surface area contributed by atoms with Crippen LogP contribution in [0.2, 0.25) is 0 Å². The van der Waals surface area contributed by atoms with E-state index >= 15 is 0 Å². The van der Waals surface area contributed by atoms with Crippen molar-refractivity contribution in [2.75, 3.05) is 27.4 Å². The van der Waals surface area contributed by atoms with E-state index in [1.807, 2.05) is 44.1 Å². The average Bonchev–Trinajstić information content (AvgIpc) is 3.08. The zero-order valence-electron chi connectivity index (χ0n) is 13.4. The molecule has 3 aromatic rings. The van der Waals surface area contributed by atoms with Gasteiger partial charge in [-0.25, -0.2) is 13.9 Å². The van der Waals surface area contributed by atoms with Crippen LogP contribution in [-0.4, -0.2) is 46.5 Å². The largest absolute Gasteiger partial charge is 0.454 e. The van der Waals surface area contributed by atoms with Gasteiger partial charge in [0.1, 0.15) is 0 Å². The minimum Gasteiger partial charge on any atom is -0.454 e. The molecule has 7 heteroatoms. The van der Waals surface area contributed by atoms with E-state index in [0.717, 1.165) is 23.0 Å². The summed E-state index contributed by atoms with van der Waals surface area (Å²) in [5, 5.41) is 5.43. The second-order valence-electron chi connectivity index (χ2n) is 6.06. The molecule has 0 bridgehead atoms. The maximum Gasteiger partial charge on any atom is 0.350 e. The van der Waals surface area contributed by atoms with Crippen LogP contribution in [0.15, 0.2) is 23.0 Å². The molecule has 0 fully saturated rings. The van der Waals surface area contributed by atoms with Crippen LogP contribution in [0.3, 0.4) is 0 Å². The van der Waals surface area contributed by atoms with E-state index in [9.17, 15) is 4.79 Å². The number of likely N-dealkylation sites (N-methyl/N-ethyl adjacent to an activating group) is 1. The molecule has 120 valence electrons. The molecule has 4 rings (SSSR count). The molecular formula is C16H18N4O3. The highest BCUT2D eigenvalue weighted by atomic mass is 16.7. The van der Waals surface area contributed by atoms with Crippen molar-refractivity contribution in [3.8, 4) is 11.5 Å². The van der Waals surface area contributed by atoms with Gasteiger partial charge >= 0.3 is 5.69 Å². The van der Waals surface area contributed by atoms with Gasteiger partial charge in [0.25, 0.3) is 0 Å². The molecule has 0 N–H and O–H groups in total. The van der Waals surface area contributed by atoms with Gasteiger partial charge in [0, 0.05) is 18.0 Å².